The Kier molecular flexibility index (Phi) is 6.09. The van der Waals surface area contributed by atoms with E-state index in [1.807, 2.05) is 9.80 Å². The van der Waals surface area contributed by atoms with Gasteiger partial charge in [-0.3, -0.25) is 0 Å². The third-order valence-corrected chi connectivity index (χ3v) is 6.73. The first-order valence-electron chi connectivity index (χ1n) is 11.1. The molecule has 2 fully saturated rings. The second-order valence-corrected chi connectivity index (χ2v) is 9.09. The van der Waals surface area contributed by atoms with E-state index in [0.717, 1.165) is 44.6 Å². The number of urea groups is 1. The SMILES string of the molecule is NC1(CCC=O)CN(C(=O)N2CCC(COc3ccc4c(c3)CCCC4)CC2)C1. The number of likely N-dealkylation sites (tertiary alicyclic amines) is 2. The van der Waals surface area contributed by atoms with Crippen molar-refractivity contribution in [2.24, 2.45) is 11.7 Å². The molecule has 2 amide bonds. The van der Waals surface area contributed by atoms with Crippen molar-refractivity contribution in [1.82, 2.24) is 9.80 Å². The Morgan fingerprint density at radius 3 is 2.59 bits per heavy atom. The molecule has 6 nitrogen and oxygen atoms in total. The minimum atomic E-state index is -0.377. The summed E-state index contributed by atoms with van der Waals surface area (Å²) in [6.07, 6.45) is 8.92. The van der Waals surface area contributed by atoms with Crippen molar-refractivity contribution >= 4 is 12.3 Å². The molecule has 0 spiro atoms. The summed E-state index contributed by atoms with van der Waals surface area (Å²) in [4.78, 5) is 27.0. The normalized spacial score (nSPS) is 21.3. The molecule has 3 aliphatic rings. The summed E-state index contributed by atoms with van der Waals surface area (Å²) < 4.78 is 6.09. The number of nitrogens with two attached hydrogens (primary N) is 1. The van der Waals surface area contributed by atoms with Gasteiger partial charge in [0.25, 0.3) is 0 Å². The molecule has 2 aliphatic heterocycles. The summed E-state index contributed by atoms with van der Waals surface area (Å²) in [5, 5.41) is 0. The lowest BCUT2D eigenvalue weighted by atomic mass is 9.86. The fraction of sp³-hybridized carbons (Fsp3) is 0.652. The van der Waals surface area contributed by atoms with Gasteiger partial charge in [-0.2, -0.15) is 0 Å². The van der Waals surface area contributed by atoms with E-state index >= 15 is 0 Å². The fourth-order valence-electron chi connectivity index (χ4n) is 4.86. The molecule has 29 heavy (non-hydrogen) atoms. The first-order chi connectivity index (χ1) is 14.1. The average Bonchev–Trinajstić information content (AvgIpc) is 2.74. The number of piperidine rings is 1. The van der Waals surface area contributed by atoms with E-state index < -0.39 is 0 Å². The second-order valence-electron chi connectivity index (χ2n) is 9.09. The number of aldehydes is 1. The zero-order valence-corrected chi connectivity index (χ0v) is 17.3. The maximum atomic E-state index is 12.7. The highest BCUT2D eigenvalue weighted by atomic mass is 16.5. The summed E-state index contributed by atoms with van der Waals surface area (Å²) in [5.41, 5.74) is 8.77. The summed E-state index contributed by atoms with van der Waals surface area (Å²) in [6.45, 7) is 3.39. The van der Waals surface area contributed by atoms with Crippen LogP contribution in [0.5, 0.6) is 5.75 Å². The monoisotopic (exact) mass is 399 g/mol. The molecule has 1 aromatic carbocycles. The molecular weight excluding hydrogens is 366 g/mol. The highest BCUT2D eigenvalue weighted by molar-refractivity contribution is 5.76. The van der Waals surface area contributed by atoms with Gasteiger partial charge < -0.3 is 25.1 Å². The van der Waals surface area contributed by atoms with Crippen LogP contribution in [0.15, 0.2) is 18.2 Å². The van der Waals surface area contributed by atoms with Crippen LogP contribution in [0.1, 0.15) is 49.7 Å². The van der Waals surface area contributed by atoms with Crippen molar-refractivity contribution in [2.75, 3.05) is 32.8 Å². The molecule has 2 heterocycles. The van der Waals surface area contributed by atoms with E-state index in [2.05, 4.69) is 18.2 Å². The number of fused-ring (bicyclic) bond motifs is 1. The second kappa shape index (κ2) is 8.74. The Morgan fingerprint density at radius 1 is 1.14 bits per heavy atom. The van der Waals surface area contributed by atoms with Crippen LogP contribution >= 0.6 is 0 Å². The number of rotatable bonds is 6. The van der Waals surface area contributed by atoms with Gasteiger partial charge in [-0.05, 0) is 74.1 Å². The standard InChI is InChI=1S/C23H33N3O3/c24-23(10-3-13-27)16-26(17-23)22(28)25-11-8-18(9-12-25)15-29-21-7-6-19-4-1-2-5-20(19)14-21/h6-7,13-14,18H,1-5,8-12,15-17,24H2. The van der Waals surface area contributed by atoms with E-state index in [1.165, 1.54) is 36.8 Å². The molecule has 0 bridgehead atoms. The van der Waals surface area contributed by atoms with Gasteiger partial charge in [-0.15, -0.1) is 0 Å². The third-order valence-electron chi connectivity index (χ3n) is 6.73. The smallest absolute Gasteiger partial charge is 0.320 e. The molecule has 2 N–H and O–H groups in total. The molecule has 0 atom stereocenters. The number of ether oxygens (including phenoxy) is 1. The number of carbonyl (C=O) groups is 2. The van der Waals surface area contributed by atoms with Crippen molar-refractivity contribution in [3.8, 4) is 5.75 Å². The molecule has 2 saturated heterocycles. The largest absolute Gasteiger partial charge is 0.493 e. The van der Waals surface area contributed by atoms with Crippen LogP contribution < -0.4 is 10.5 Å². The van der Waals surface area contributed by atoms with Crippen LogP contribution in [0.25, 0.3) is 0 Å². The van der Waals surface area contributed by atoms with Crippen LogP contribution in [0.4, 0.5) is 4.79 Å². The van der Waals surface area contributed by atoms with Crippen LogP contribution in [-0.4, -0.2) is 60.4 Å². The zero-order valence-electron chi connectivity index (χ0n) is 17.3. The van der Waals surface area contributed by atoms with Gasteiger partial charge in [0.2, 0.25) is 0 Å². The molecule has 0 aromatic heterocycles. The molecule has 4 rings (SSSR count). The summed E-state index contributed by atoms with van der Waals surface area (Å²) in [6, 6.07) is 6.65. The Morgan fingerprint density at radius 2 is 1.86 bits per heavy atom. The highest BCUT2D eigenvalue weighted by Crippen LogP contribution is 2.28. The van der Waals surface area contributed by atoms with Gasteiger partial charge in [0, 0.05) is 32.6 Å². The van der Waals surface area contributed by atoms with Gasteiger partial charge in [0.15, 0.2) is 0 Å². The van der Waals surface area contributed by atoms with Gasteiger partial charge in [0.05, 0.1) is 12.1 Å². The van der Waals surface area contributed by atoms with Crippen molar-refractivity contribution in [1.29, 1.82) is 0 Å². The van der Waals surface area contributed by atoms with Crippen molar-refractivity contribution in [3.05, 3.63) is 29.3 Å². The lowest BCUT2D eigenvalue weighted by molar-refractivity contribution is -0.108. The van der Waals surface area contributed by atoms with E-state index in [1.54, 1.807) is 0 Å². The Bertz CT molecular complexity index is 737. The van der Waals surface area contributed by atoms with E-state index in [0.29, 0.717) is 31.8 Å². The predicted molar refractivity (Wildman–Crippen MR) is 112 cm³/mol. The van der Waals surface area contributed by atoms with Crippen molar-refractivity contribution in [2.45, 2.75) is 56.9 Å². The zero-order chi connectivity index (χ0) is 20.3. The summed E-state index contributed by atoms with van der Waals surface area (Å²) in [5.74, 6) is 1.48. The number of hydrogen-bond acceptors (Lipinski definition) is 4. The molecule has 0 saturated carbocycles. The van der Waals surface area contributed by atoms with E-state index in [9.17, 15) is 9.59 Å². The molecule has 1 aromatic rings. The van der Waals surface area contributed by atoms with Gasteiger partial charge >= 0.3 is 6.03 Å². The van der Waals surface area contributed by atoms with E-state index in [-0.39, 0.29) is 11.6 Å². The minimum absolute atomic E-state index is 0.0891. The first kappa shape index (κ1) is 20.2. The van der Waals surface area contributed by atoms with Crippen LogP contribution in [0.3, 0.4) is 0 Å². The lowest BCUT2D eigenvalue weighted by Crippen LogP contribution is -2.70. The third kappa shape index (κ3) is 4.74. The number of carbonyl (C=O) groups excluding carboxylic acids is 2. The Labute approximate surface area is 173 Å². The maximum Gasteiger partial charge on any atom is 0.320 e. The number of amides is 2. The first-order valence-corrected chi connectivity index (χ1v) is 11.1. The molecule has 0 radical (unpaired) electrons. The quantitative estimate of drug-likeness (QED) is 0.747. The van der Waals surface area contributed by atoms with Crippen molar-refractivity contribution in [3.63, 3.8) is 0 Å². The molecule has 158 valence electrons. The molecule has 0 unspecified atom stereocenters. The molecule has 1 aliphatic carbocycles. The number of hydrogen-bond donors (Lipinski definition) is 1. The van der Waals surface area contributed by atoms with Gasteiger partial charge in [0.1, 0.15) is 12.0 Å². The van der Waals surface area contributed by atoms with Crippen molar-refractivity contribution < 1.29 is 14.3 Å². The summed E-state index contributed by atoms with van der Waals surface area (Å²) >= 11 is 0. The predicted octanol–water partition coefficient (Wildman–Crippen LogP) is 2.77. The van der Waals surface area contributed by atoms with Gasteiger partial charge in [-0.1, -0.05) is 6.07 Å². The Hall–Kier alpha value is -2.08. The number of benzene rings is 1. The average molecular weight is 400 g/mol. The van der Waals surface area contributed by atoms with Crippen LogP contribution in [-0.2, 0) is 17.6 Å². The molecular formula is C23H33N3O3. The number of nitrogens with zero attached hydrogens (tertiary/aromatic N) is 2. The number of aryl methyl sites for hydroxylation is 2. The molecule has 6 heteroatoms. The van der Waals surface area contributed by atoms with E-state index in [4.69, 9.17) is 10.5 Å². The van der Waals surface area contributed by atoms with Gasteiger partial charge in [-0.25, -0.2) is 4.79 Å². The topological polar surface area (TPSA) is 75.9 Å². The van der Waals surface area contributed by atoms with Crippen LogP contribution in [0, 0.1) is 5.92 Å². The van der Waals surface area contributed by atoms with Crippen LogP contribution in [0.2, 0.25) is 0 Å². The minimum Gasteiger partial charge on any atom is -0.493 e. The lowest BCUT2D eigenvalue weighted by Gasteiger charge is -2.49. The summed E-state index contributed by atoms with van der Waals surface area (Å²) in [7, 11) is 0. The fourth-order valence-corrected chi connectivity index (χ4v) is 4.86. The highest BCUT2D eigenvalue weighted by Gasteiger charge is 2.43. The maximum absolute atomic E-state index is 12.7. The Balaban J connectivity index is 1.19.